The molecule has 1 aliphatic heterocycles. The van der Waals surface area contributed by atoms with E-state index in [1.165, 1.54) is 23.1 Å². The Morgan fingerprint density at radius 1 is 1.06 bits per heavy atom. The third kappa shape index (κ3) is 5.23. The number of nitrogens with zero attached hydrogens (tertiary/aromatic N) is 5. The molecule has 32 heavy (non-hydrogen) atoms. The van der Waals surface area contributed by atoms with Gasteiger partial charge in [-0.05, 0) is 49.7 Å². The molecule has 0 radical (unpaired) electrons. The number of benzene rings is 2. The number of hydrogen-bond acceptors (Lipinski definition) is 6. The average molecular weight is 443 g/mol. The first-order valence-corrected chi connectivity index (χ1v) is 10.7. The van der Waals surface area contributed by atoms with Crippen molar-refractivity contribution in [3.8, 4) is 5.69 Å². The summed E-state index contributed by atoms with van der Waals surface area (Å²) in [5, 5.41) is 7.52. The monoisotopic (exact) mass is 442 g/mol. The Hall–Kier alpha value is -3.04. The summed E-state index contributed by atoms with van der Waals surface area (Å²) in [5.41, 5.74) is 3.38. The SMILES string of the molecule is COCCN1CCN(c2cc(C)cc(Nc3ncn(-c4cc(F)cc(F)c4)n3)c2)CC1C. The van der Waals surface area contributed by atoms with E-state index in [0.717, 1.165) is 55.8 Å². The summed E-state index contributed by atoms with van der Waals surface area (Å²) in [6, 6.07) is 9.94. The van der Waals surface area contributed by atoms with E-state index in [2.05, 4.69) is 51.2 Å². The van der Waals surface area contributed by atoms with Gasteiger partial charge in [-0.25, -0.2) is 13.5 Å². The predicted molar refractivity (Wildman–Crippen MR) is 121 cm³/mol. The Morgan fingerprint density at radius 2 is 1.84 bits per heavy atom. The minimum atomic E-state index is -0.662. The summed E-state index contributed by atoms with van der Waals surface area (Å²) >= 11 is 0. The lowest BCUT2D eigenvalue weighted by Crippen LogP contribution is -2.52. The van der Waals surface area contributed by atoms with Crippen molar-refractivity contribution in [2.24, 2.45) is 0 Å². The van der Waals surface area contributed by atoms with Crippen LogP contribution in [0, 0.1) is 18.6 Å². The third-order valence-electron chi connectivity index (χ3n) is 5.63. The lowest BCUT2D eigenvalue weighted by molar-refractivity contribution is 0.117. The van der Waals surface area contributed by atoms with Gasteiger partial charge in [0.1, 0.15) is 18.0 Å². The first-order valence-electron chi connectivity index (χ1n) is 10.7. The van der Waals surface area contributed by atoms with Crippen molar-refractivity contribution in [3.63, 3.8) is 0 Å². The van der Waals surface area contributed by atoms with Gasteiger partial charge in [-0.2, -0.15) is 4.98 Å². The summed E-state index contributed by atoms with van der Waals surface area (Å²) in [5.74, 6) is -0.973. The van der Waals surface area contributed by atoms with Crippen LogP contribution in [-0.2, 0) is 4.74 Å². The van der Waals surface area contributed by atoms with Crippen LogP contribution in [0.2, 0.25) is 0 Å². The molecule has 0 spiro atoms. The highest BCUT2D eigenvalue weighted by atomic mass is 19.1. The molecular formula is C23H28F2N6O. The predicted octanol–water partition coefficient (Wildman–Crippen LogP) is 3.75. The minimum Gasteiger partial charge on any atom is -0.383 e. The fourth-order valence-corrected chi connectivity index (χ4v) is 4.03. The number of aryl methyl sites for hydroxylation is 1. The standard InChI is InChI=1S/C23H28F2N6O/c1-16-8-20(13-21(9-16)30-5-4-29(6-7-32-3)17(2)14-30)27-23-26-15-31(28-23)22-11-18(24)10-19(25)12-22/h8-13,15,17H,4-7,14H2,1-3H3,(H,27,28). The van der Waals surface area contributed by atoms with E-state index >= 15 is 0 Å². The second-order valence-corrected chi connectivity index (χ2v) is 8.15. The van der Waals surface area contributed by atoms with Crippen molar-refractivity contribution < 1.29 is 13.5 Å². The fourth-order valence-electron chi connectivity index (χ4n) is 4.03. The lowest BCUT2D eigenvalue weighted by Gasteiger charge is -2.41. The van der Waals surface area contributed by atoms with E-state index in [1.54, 1.807) is 7.11 Å². The third-order valence-corrected chi connectivity index (χ3v) is 5.63. The molecule has 3 aromatic rings. The largest absolute Gasteiger partial charge is 0.383 e. The zero-order valence-electron chi connectivity index (χ0n) is 18.6. The number of piperazine rings is 1. The molecule has 1 aromatic heterocycles. The molecule has 2 aromatic carbocycles. The van der Waals surface area contributed by atoms with Crippen LogP contribution < -0.4 is 10.2 Å². The summed E-state index contributed by atoms with van der Waals surface area (Å²) in [6.07, 6.45) is 1.42. The van der Waals surface area contributed by atoms with Crippen molar-refractivity contribution in [1.82, 2.24) is 19.7 Å². The molecule has 1 atom stereocenters. The fraction of sp³-hybridized carbons (Fsp3) is 0.391. The van der Waals surface area contributed by atoms with Crippen LogP contribution in [0.4, 0.5) is 26.1 Å². The van der Waals surface area contributed by atoms with Crippen molar-refractivity contribution in [3.05, 3.63) is 59.9 Å². The molecule has 2 heterocycles. The van der Waals surface area contributed by atoms with Gasteiger partial charge in [0.25, 0.3) is 0 Å². The topological polar surface area (TPSA) is 58.5 Å². The maximum atomic E-state index is 13.5. The molecule has 7 nitrogen and oxygen atoms in total. The van der Waals surface area contributed by atoms with Crippen LogP contribution in [0.25, 0.3) is 5.69 Å². The number of nitrogens with one attached hydrogen (secondary N) is 1. The zero-order chi connectivity index (χ0) is 22.7. The molecule has 1 saturated heterocycles. The summed E-state index contributed by atoms with van der Waals surface area (Å²) < 4.78 is 33.6. The molecule has 170 valence electrons. The first kappa shape index (κ1) is 22.2. The van der Waals surface area contributed by atoms with Crippen LogP contribution in [0.1, 0.15) is 12.5 Å². The smallest absolute Gasteiger partial charge is 0.246 e. The van der Waals surface area contributed by atoms with E-state index in [-0.39, 0.29) is 5.69 Å². The van der Waals surface area contributed by atoms with E-state index in [9.17, 15) is 8.78 Å². The molecule has 0 saturated carbocycles. The van der Waals surface area contributed by atoms with Crippen LogP contribution in [0.5, 0.6) is 0 Å². The Kier molecular flexibility index (Phi) is 6.66. The number of halogens is 2. The van der Waals surface area contributed by atoms with Crippen molar-refractivity contribution in [1.29, 1.82) is 0 Å². The molecular weight excluding hydrogens is 414 g/mol. The highest BCUT2D eigenvalue weighted by molar-refractivity contribution is 5.64. The molecule has 1 fully saturated rings. The highest BCUT2D eigenvalue weighted by Gasteiger charge is 2.23. The number of methoxy groups -OCH3 is 1. The molecule has 0 bridgehead atoms. The second-order valence-electron chi connectivity index (χ2n) is 8.15. The average Bonchev–Trinajstić information content (AvgIpc) is 3.20. The van der Waals surface area contributed by atoms with E-state index in [4.69, 9.17) is 4.74 Å². The normalized spacial score (nSPS) is 17.0. The van der Waals surface area contributed by atoms with Gasteiger partial charge in [0.15, 0.2) is 0 Å². The van der Waals surface area contributed by atoms with Gasteiger partial charge in [0.2, 0.25) is 5.95 Å². The van der Waals surface area contributed by atoms with Crippen molar-refractivity contribution in [2.45, 2.75) is 19.9 Å². The zero-order valence-corrected chi connectivity index (χ0v) is 18.6. The van der Waals surface area contributed by atoms with E-state index in [0.29, 0.717) is 12.0 Å². The van der Waals surface area contributed by atoms with Crippen LogP contribution in [-0.4, -0.2) is 65.6 Å². The molecule has 1 unspecified atom stereocenters. The van der Waals surface area contributed by atoms with Gasteiger partial charge in [-0.15, -0.1) is 5.10 Å². The molecule has 0 aliphatic carbocycles. The van der Waals surface area contributed by atoms with E-state index in [1.807, 2.05) is 6.07 Å². The number of anilines is 3. The van der Waals surface area contributed by atoms with Crippen LogP contribution in [0.15, 0.2) is 42.7 Å². The van der Waals surface area contributed by atoms with Crippen LogP contribution in [0.3, 0.4) is 0 Å². The summed E-state index contributed by atoms with van der Waals surface area (Å²) in [7, 11) is 1.73. The van der Waals surface area contributed by atoms with Gasteiger partial charge < -0.3 is 15.0 Å². The second kappa shape index (κ2) is 9.62. The first-order chi connectivity index (χ1) is 15.4. The van der Waals surface area contributed by atoms with Crippen LogP contribution >= 0.6 is 0 Å². The Balaban J connectivity index is 1.47. The quantitative estimate of drug-likeness (QED) is 0.602. The molecule has 0 amide bonds. The molecule has 4 rings (SSSR count). The summed E-state index contributed by atoms with van der Waals surface area (Å²) in [4.78, 5) is 9.06. The summed E-state index contributed by atoms with van der Waals surface area (Å²) in [6.45, 7) is 8.83. The minimum absolute atomic E-state index is 0.272. The van der Waals surface area contributed by atoms with Crippen molar-refractivity contribution >= 4 is 17.3 Å². The maximum Gasteiger partial charge on any atom is 0.246 e. The Labute approximate surface area is 186 Å². The number of hydrogen-bond donors (Lipinski definition) is 1. The molecule has 1 N–H and O–H groups in total. The van der Waals surface area contributed by atoms with Gasteiger partial charge in [-0.3, -0.25) is 4.90 Å². The van der Waals surface area contributed by atoms with Crippen molar-refractivity contribution in [2.75, 3.05) is 50.1 Å². The van der Waals surface area contributed by atoms with Gasteiger partial charge >= 0.3 is 0 Å². The van der Waals surface area contributed by atoms with Gasteiger partial charge in [0, 0.05) is 56.8 Å². The Morgan fingerprint density at radius 3 is 2.56 bits per heavy atom. The lowest BCUT2D eigenvalue weighted by atomic mass is 10.1. The Bertz CT molecular complexity index is 1050. The number of ether oxygens (including phenoxy) is 1. The molecule has 1 aliphatic rings. The van der Waals surface area contributed by atoms with Gasteiger partial charge in [-0.1, -0.05) is 0 Å². The molecule has 9 heteroatoms. The van der Waals surface area contributed by atoms with E-state index < -0.39 is 11.6 Å². The maximum absolute atomic E-state index is 13.5. The number of aromatic nitrogens is 3. The number of rotatable bonds is 7. The highest BCUT2D eigenvalue weighted by Crippen LogP contribution is 2.26. The van der Waals surface area contributed by atoms with Gasteiger partial charge in [0.05, 0.1) is 12.3 Å².